The summed E-state index contributed by atoms with van der Waals surface area (Å²) in [5.74, 6) is 0.0610. The Morgan fingerprint density at radius 1 is 1.50 bits per heavy atom. The highest BCUT2D eigenvalue weighted by Gasteiger charge is 2.30. The minimum absolute atomic E-state index is 0.00245. The van der Waals surface area contributed by atoms with Gasteiger partial charge in [0.15, 0.2) is 0 Å². The summed E-state index contributed by atoms with van der Waals surface area (Å²) >= 11 is 0. The van der Waals surface area contributed by atoms with Crippen LogP contribution in [-0.4, -0.2) is 24.0 Å². The minimum Gasteiger partial charge on any atom is -0.354 e. The molecule has 0 spiro atoms. The van der Waals surface area contributed by atoms with E-state index in [0.29, 0.717) is 6.54 Å². The molecule has 4 heteroatoms. The number of hydrogen-bond donors (Lipinski definition) is 3. The third-order valence-electron chi connectivity index (χ3n) is 2.62. The van der Waals surface area contributed by atoms with E-state index in [1.165, 1.54) is 0 Å². The number of nitrogens with one attached hydrogen (secondary N) is 1. The smallest absolute Gasteiger partial charge is 0.224 e. The SMILES string of the molecule is CC(C)(N)CNC(=O)C1CCCC1N. The number of carbonyl (C=O) groups is 1. The Labute approximate surface area is 85.4 Å². The predicted octanol–water partition coefficient (Wildman–Crippen LogP) is -0.0327. The molecule has 1 rings (SSSR count). The lowest BCUT2D eigenvalue weighted by molar-refractivity contribution is -0.125. The van der Waals surface area contributed by atoms with Gasteiger partial charge in [-0.05, 0) is 26.7 Å². The average Bonchev–Trinajstić information content (AvgIpc) is 2.46. The van der Waals surface area contributed by atoms with E-state index >= 15 is 0 Å². The summed E-state index contributed by atoms with van der Waals surface area (Å²) < 4.78 is 0. The zero-order valence-electron chi connectivity index (χ0n) is 9.05. The molecule has 4 nitrogen and oxygen atoms in total. The fourth-order valence-corrected chi connectivity index (χ4v) is 1.76. The van der Waals surface area contributed by atoms with Crippen molar-refractivity contribution in [2.75, 3.05) is 6.54 Å². The second-order valence-corrected chi connectivity index (χ2v) is 4.91. The molecule has 0 radical (unpaired) electrons. The van der Waals surface area contributed by atoms with Gasteiger partial charge in [-0.15, -0.1) is 0 Å². The quantitative estimate of drug-likeness (QED) is 0.597. The van der Waals surface area contributed by atoms with E-state index < -0.39 is 0 Å². The Morgan fingerprint density at radius 3 is 2.57 bits per heavy atom. The van der Waals surface area contributed by atoms with Gasteiger partial charge in [0.1, 0.15) is 0 Å². The van der Waals surface area contributed by atoms with Gasteiger partial charge in [0.2, 0.25) is 5.91 Å². The molecule has 2 unspecified atom stereocenters. The Hall–Kier alpha value is -0.610. The average molecular weight is 199 g/mol. The van der Waals surface area contributed by atoms with Gasteiger partial charge in [-0.1, -0.05) is 6.42 Å². The van der Waals surface area contributed by atoms with Gasteiger partial charge >= 0.3 is 0 Å². The van der Waals surface area contributed by atoms with Crippen LogP contribution >= 0.6 is 0 Å². The summed E-state index contributed by atoms with van der Waals surface area (Å²) in [4.78, 5) is 11.7. The third kappa shape index (κ3) is 3.27. The summed E-state index contributed by atoms with van der Waals surface area (Å²) in [5.41, 5.74) is 11.2. The van der Waals surface area contributed by atoms with Crippen molar-refractivity contribution in [1.82, 2.24) is 5.32 Å². The normalized spacial score (nSPS) is 27.7. The largest absolute Gasteiger partial charge is 0.354 e. The van der Waals surface area contributed by atoms with E-state index in [9.17, 15) is 4.79 Å². The molecule has 1 aliphatic carbocycles. The van der Waals surface area contributed by atoms with Gasteiger partial charge in [0.05, 0.1) is 5.92 Å². The van der Waals surface area contributed by atoms with Crippen LogP contribution in [0.1, 0.15) is 33.1 Å². The number of rotatable bonds is 3. The third-order valence-corrected chi connectivity index (χ3v) is 2.62. The van der Waals surface area contributed by atoms with Crippen LogP contribution in [-0.2, 0) is 4.79 Å². The number of amides is 1. The van der Waals surface area contributed by atoms with E-state index in [1.807, 2.05) is 13.8 Å². The van der Waals surface area contributed by atoms with Gasteiger partial charge in [-0.25, -0.2) is 0 Å². The minimum atomic E-state index is -0.349. The van der Waals surface area contributed by atoms with Crippen LogP contribution in [0.4, 0.5) is 0 Å². The van der Waals surface area contributed by atoms with Crippen molar-refractivity contribution in [2.24, 2.45) is 17.4 Å². The van der Waals surface area contributed by atoms with Crippen LogP contribution in [0.3, 0.4) is 0 Å². The maximum absolute atomic E-state index is 11.7. The topological polar surface area (TPSA) is 81.1 Å². The lowest BCUT2D eigenvalue weighted by Gasteiger charge is -2.21. The van der Waals surface area contributed by atoms with Crippen molar-refractivity contribution >= 4 is 5.91 Å². The fraction of sp³-hybridized carbons (Fsp3) is 0.900. The standard InChI is InChI=1S/C10H21N3O/c1-10(2,12)6-13-9(14)7-4-3-5-8(7)11/h7-8H,3-6,11-12H2,1-2H3,(H,13,14). The van der Waals surface area contributed by atoms with Crippen molar-refractivity contribution in [2.45, 2.75) is 44.7 Å². The second kappa shape index (κ2) is 4.28. The molecule has 5 N–H and O–H groups in total. The number of carbonyl (C=O) groups excluding carboxylic acids is 1. The van der Waals surface area contributed by atoms with Crippen LogP contribution in [0.2, 0.25) is 0 Å². The summed E-state index contributed by atoms with van der Waals surface area (Å²) in [6.07, 6.45) is 2.94. The van der Waals surface area contributed by atoms with Crippen molar-refractivity contribution in [1.29, 1.82) is 0 Å². The molecule has 1 aliphatic rings. The fourth-order valence-electron chi connectivity index (χ4n) is 1.76. The number of hydrogen-bond acceptors (Lipinski definition) is 3. The Kier molecular flexibility index (Phi) is 3.50. The Bertz CT molecular complexity index is 210. The molecule has 0 bridgehead atoms. The van der Waals surface area contributed by atoms with Crippen LogP contribution in [0.15, 0.2) is 0 Å². The molecule has 0 saturated heterocycles. The van der Waals surface area contributed by atoms with Crippen molar-refractivity contribution < 1.29 is 4.79 Å². The first-order valence-electron chi connectivity index (χ1n) is 5.22. The Balaban J connectivity index is 2.35. The first kappa shape index (κ1) is 11.5. The summed E-state index contributed by atoms with van der Waals surface area (Å²) in [5, 5.41) is 2.85. The second-order valence-electron chi connectivity index (χ2n) is 4.91. The van der Waals surface area contributed by atoms with Gasteiger partial charge < -0.3 is 16.8 Å². The highest BCUT2D eigenvalue weighted by Crippen LogP contribution is 2.23. The van der Waals surface area contributed by atoms with Crippen molar-refractivity contribution in [3.63, 3.8) is 0 Å². The van der Waals surface area contributed by atoms with Crippen molar-refractivity contribution in [3.8, 4) is 0 Å². The molecule has 1 fully saturated rings. The molecule has 2 atom stereocenters. The summed E-state index contributed by atoms with van der Waals surface area (Å²) in [6, 6.07) is 0.0379. The lowest BCUT2D eigenvalue weighted by atomic mass is 10.0. The molecule has 1 amide bonds. The Morgan fingerprint density at radius 2 is 2.14 bits per heavy atom. The van der Waals surface area contributed by atoms with E-state index in [1.54, 1.807) is 0 Å². The zero-order valence-corrected chi connectivity index (χ0v) is 9.05. The van der Waals surface area contributed by atoms with E-state index in [2.05, 4.69) is 5.32 Å². The van der Waals surface area contributed by atoms with Crippen LogP contribution in [0.5, 0.6) is 0 Å². The number of nitrogens with two attached hydrogens (primary N) is 2. The van der Waals surface area contributed by atoms with Crippen molar-refractivity contribution in [3.05, 3.63) is 0 Å². The summed E-state index contributed by atoms with van der Waals surface area (Å²) in [7, 11) is 0. The van der Waals surface area contributed by atoms with E-state index in [0.717, 1.165) is 19.3 Å². The molecule has 0 heterocycles. The van der Waals surface area contributed by atoms with Crippen LogP contribution in [0, 0.1) is 5.92 Å². The zero-order chi connectivity index (χ0) is 10.8. The molecular formula is C10H21N3O. The highest BCUT2D eigenvalue weighted by molar-refractivity contribution is 5.79. The van der Waals surface area contributed by atoms with Gasteiger partial charge in [-0.3, -0.25) is 4.79 Å². The first-order chi connectivity index (χ1) is 6.40. The highest BCUT2D eigenvalue weighted by atomic mass is 16.1. The monoisotopic (exact) mass is 199 g/mol. The predicted molar refractivity (Wildman–Crippen MR) is 56.6 cm³/mol. The van der Waals surface area contributed by atoms with E-state index in [4.69, 9.17) is 11.5 Å². The lowest BCUT2D eigenvalue weighted by Crippen LogP contribution is -2.48. The maximum atomic E-state index is 11.7. The molecular weight excluding hydrogens is 178 g/mol. The molecule has 82 valence electrons. The molecule has 1 saturated carbocycles. The molecule has 14 heavy (non-hydrogen) atoms. The first-order valence-corrected chi connectivity index (χ1v) is 5.22. The summed E-state index contributed by atoms with van der Waals surface area (Å²) in [6.45, 7) is 4.29. The van der Waals surface area contributed by atoms with Crippen LogP contribution in [0.25, 0.3) is 0 Å². The van der Waals surface area contributed by atoms with Gasteiger partial charge in [0, 0.05) is 18.1 Å². The van der Waals surface area contributed by atoms with E-state index in [-0.39, 0.29) is 23.4 Å². The maximum Gasteiger partial charge on any atom is 0.224 e. The molecule has 0 aliphatic heterocycles. The molecule has 0 aromatic carbocycles. The molecule has 0 aromatic rings. The molecule has 0 aromatic heterocycles. The van der Waals surface area contributed by atoms with Crippen LogP contribution < -0.4 is 16.8 Å². The van der Waals surface area contributed by atoms with Gasteiger partial charge in [0.25, 0.3) is 0 Å². The van der Waals surface area contributed by atoms with Gasteiger partial charge in [-0.2, -0.15) is 0 Å².